The van der Waals surface area contributed by atoms with Gasteiger partial charge >= 0.3 is 0 Å². The SMILES string of the molecule is Cc1ccc(N(c2ccc(C)cc2)c2c3ccccc3c(N(c3ccc(C(C)(C)C)cc3)c3cc(C)c(N(c4ccc(C(C)(C)C)cc4)c4c5ccccc5c(N(c5ccc(C)cc5)c5ccc(C)cc5)c5ccccc45)cc3C)c3ccccc23)cc1. The Hall–Kier alpha value is -9.90. The summed E-state index contributed by atoms with van der Waals surface area (Å²) >= 11 is 0. The van der Waals surface area contributed by atoms with Gasteiger partial charge in [-0.15, -0.1) is 0 Å². The minimum atomic E-state index is -0.0330. The van der Waals surface area contributed by atoms with Crippen LogP contribution in [0.4, 0.5) is 68.2 Å². The van der Waals surface area contributed by atoms with Gasteiger partial charge in [0.2, 0.25) is 0 Å². The van der Waals surface area contributed by atoms with Gasteiger partial charge in [-0.25, -0.2) is 0 Å². The molecule has 88 heavy (non-hydrogen) atoms. The Morgan fingerprint density at radius 3 is 0.602 bits per heavy atom. The second-order valence-corrected chi connectivity index (χ2v) is 26.3. The Kier molecular flexibility index (Phi) is 14.8. The second-order valence-electron chi connectivity index (χ2n) is 26.3. The Balaban J connectivity index is 1.08. The molecule has 0 fully saturated rings. The highest BCUT2D eigenvalue weighted by Crippen LogP contribution is 2.55. The fourth-order valence-electron chi connectivity index (χ4n) is 13.0. The number of anilines is 12. The van der Waals surface area contributed by atoms with Crippen LogP contribution in [0.1, 0.15) is 86.1 Å². The Bertz CT molecular complexity index is 4210. The lowest BCUT2D eigenvalue weighted by Crippen LogP contribution is -2.18. The van der Waals surface area contributed by atoms with Crippen LogP contribution in [0.15, 0.2) is 255 Å². The summed E-state index contributed by atoms with van der Waals surface area (Å²) in [4.78, 5) is 10.0. The molecule has 0 radical (unpaired) electrons. The first-order valence-corrected chi connectivity index (χ1v) is 31.1. The van der Waals surface area contributed by atoms with Crippen molar-refractivity contribution in [2.45, 2.75) is 93.9 Å². The van der Waals surface area contributed by atoms with E-state index >= 15 is 0 Å². The molecule has 434 valence electrons. The zero-order chi connectivity index (χ0) is 61.2. The Morgan fingerprint density at radius 1 is 0.216 bits per heavy atom. The van der Waals surface area contributed by atoms with E-state index in [0.717, 1.165) is 122 Å². The average molecular weight is 1140 g/mol. The largest absolute Gasteiger partial charge is 0.309 e. The van der Waals surface area contributed by atoms with Crippen molar-refractivity contribution in [1.82, 2.24) is 0 Å². The number of benzene rings is 13. The van der Waals surface area contributed by atoms with Gasteiger partial charge in [-0.2, -0.15) is 0 Å². The van der Waals surface area contributed by atoms with Gasteiger partial charge in [0.1, 0.15) is 0 Å². The lowest BCUT2D eigenvalue weighted by Gasteiger charge is -2.35. The predicted molar refractivity (Wildman–Crippen MR) is 381 cm³/mol. The molecular weight excluding hydrogens is 1060 g/mol. The number of aryl methyl sites for hydroxylation is 6. The van der Waals surface area contributed by atoms with E-state index in [0.29, 0.717) is 0 Å². The lowest BCUT2D eigenvalue weighted by atomic mass is 9.87. The first kappa shape index (κ1) is 57.2. The van der Waals surface area contributed by atoms with Crippen LogP contribution in [0, 0.1) is 41.5 Å². The fourth-order valence-corrected chi connectivity index (χ4v) is 13.0. The van der Waals surface area contributed by atoms with Crippen molar-refractivity contribution in [2.75, 3.05) is 19.6 Å². The van der Waals surface area contributed by atoms with E-state index in [1.54, 1.807) is 0 Å². The van der Waals surface area contributed by atoms with Crippen molar-refractivity contribution in [2.24, 2.45) is 0 Å². The molecule has 13 aromatic rings. The van der Waals surface area contributed by atoms with E-state index in [2.05, 4.69) is 357 Å². The van der Waals surface area contributed by atoms with Crippen LogP contribution in [0.25, 0.3) is 43.1 Å². The highest BCUT2D eigenvalue weighted by molar-refractivity contribution is 6.25. The van der Waals surface area contributed by atoms with Crippen LogP contribution >= 0.6 is 0 Å². The third-order valence-electron chi connectivity index (χ3n) is 17.8. The molecule has 0 bridgehead atoms. The summed E-state index contributed by atoms with van der Waals surface area (Å²) in [6.45, 7) is 27.1. The van der Waals surface area contributed by atoms with Crippen molar-refractivity contribution < 1.29 is 0 Å². The van der Waals surface area contributed by atoms with E-state index in [9.17, 15) is 0 Å². The summed E-state index contributed by atoms with van der Waals surface area (Å²) in [7, 11) is 0. The van der Waals surface area contributed by atoms with Crippen molar-refractivity contribution in [3.05, 3.63) is 299 Å². The van der Waals surface area contributed by atoms with Gasteiger partial charge in [-0.1, -0.05) is 234 Å². The summed E-state index contributed by atoms with van der Waals surface area (Å²) in [5.41, 5.74) is 23.1. The van der Waals surface area contributed by atoms with Crippen LogP contribution in [-0.4, -0.2) is 0 Å². The van der Waals surface area contributed by atoms with Crippen molar-refractivity contribution in [1.29, 1.82) is 0 Å². The smallest absolute Gasteiger partial charge is 0.0620 e. The molecule has 0 amide bonds. The monoisotopic (exact) mass is 1140 g/mol. The van der Waals surface area contributed by atoms with Crippen molar-refractivity contribution >= 4 is 111 Å². The first-order chi connectivity index (χ1) is 42.4. The summed E-state index contributed by atoms with van der Waals surface area (Å²) in [5.74, 6) is 0. The quantitative estimate of drug-likeness (QED) is 0.0893. The zero-order valence-electron chi connectivity index (χ0n) is 53.0. The van der Waals surface area contributed by atoms with Crippen LogP contribution in [0.2, 0.25) is 0 Å². The maximum absolute atomic E-state index is 2.56. The molecular formula is C84H78N4. The molecule has 0 spiro atoms. The molecule has 0 saturated heterocycles. The molecule has 0 saturated carbocycles. The van der Waals surface area contributed by atoms with Crippen LogP contribution in [0.3, 0.4) is 0 Å². The van der Waals surface area contributed by atoms with Gasteiger partial charge in [0.25, 0.3) is 0 Å². The predicted octanol–water partition coefficient (Wildman–Crippen LogP) is 24.6. The zero-order valence-corrected chi connectivity index (χ0v) is 53.0. The van der Waals surface area contributed by atoms with Gasteiger partial charge in [0.15, 0.2) is 0 Å². The van der Waals surface area contributed by atoms with Gasteiger partial charge in [-0.05, 0) is 160 Å². The molecule has 0 aromatic heterocycles. The summed E-state index contributed by atoms with van der Waals surface area (Å²) in [6, 6.07) is 95.7. The molecule has 0 aliphatic heterocycles. The van der Waals surface area contributed by atoms with Gasteiger partial charge in [0, 0.05) is 88.6 Å². The van der Waals surface area contributed by atoms with Gasteiger partial charge in [-0.3, -0.25) is 0 Å². The standard InChI is InChI=1S/C84H78N4/c1-55-29-41-63(42-30-55)85(64-43-31-56(2)32-44-64)79-69-21-13-17-25-73(69)81(74-26-18-14-22-70(74)79)87(67-49-37-61(38-50-67)83(7,8)9)77-53-60(6)78(54-59(77)5)88(68-51-39-62(40-52-68)84(10,11)12)82-75-27-19-15-23-71(75)80(72-24-16-20-28-76(72)82)86(65-45-33-57(3)34-46-65)66-47-35-58(4)36-48-66/h13-54H,1-12H3. The second kappa shape index (κ2) is 22.7. The maximum atomic E-state index is 2.56. The Morgan fingerprint density at radius 2 is 0.398 bits per heavy atom. The van der Waals surface area contributed by atoms with Crippen LogP contribution < -0.4 is 19.6 Å². The molecule has 0 N–H and O–H groups in total. The minimum Gasteiger partial charge on any atom is -0.309 e. The van der Waals surface area contributed by atoms with Crippen LogP contribution in [0.5, 0.6) is 0 Å². The van der Waals surface area contributed by atoms with E-state index in [4.69, 9.17) is 0 Å². The summed E-state index contributed by atoms with van der Waals surface area (Å²) in [6.07, 6.45) is 0. The Labute approximate surface area is 521 Å². The minimum absolute atomic E-state index is 0.0330. The molecule has 0 heterocycles. The maximum Gasteiger partial charge on any atom is 0.0620 e. The van der Waals surface area contributed by atoms with Crippen molar-refractivity contribution in [3.63, 3.8) is 0 Å². The first-order valence-electron chi connectivity index (χ1n) is 31.1. The molecule has 0 aliphatic carbocycles. The molecule has 13 aromatic carbocycles. The van der Waals surface area contributed by atoms with Gasteiger partial charge < -0.3 is 19.6 Å². The normalized spacial score (nSPS) is 11.9. The van der Waals surface area contributed by atoms with Gasteiger partial charge in [0.05, 0.1) is 22.7 Å². The number of fused-ring (bicyclic) bond motifs is 4. The van der Waals surface area contributed by atoms with E-state index < -0.39 is 0 Å². The number of hydrogen-bond acceptors (Lipinski definition) is 4. The molecule has 0 unspecified atom stereocenters. The van der Waals surface area contributed by atoms with E-state index in [1.165, 1.54) is 33.4 Å². The third kappa shape index (κ3) is 10.5. The molecule has 0 aliphatic rings. The van der Waals surface area contributed by atoms with E-state index in [1.807, 2.05) is 0 Å². The van der Waals surface area contributed by atoms with E-state index in [-0.39, 0.29) is 10.8 Å². The molecule has 4 nitrogen and oxygen atoms in total. The van der Waals surface area contributed by atoms with Crippen LogP contribution in [-0.2, 0) is 10.8 Å². The topological polar surface area (TPSA) is 13.0 Å². The van der Waals surface area contributed by atoms with Crippen molar-refractivity contribution in [3.8, 4) is 0 Å². The fraction of sp³-hybridized carbons (Fsp3) is 0.167. The highest BCUT2D eigenvalue weighted by atomic mass is 15.2. The number of hydrogen-bond donors (Lipinski definition) is 0. The molecule has 13 rings (SSSR count). The summed E-state index contributed by atoms with van der Waals surface area (Å²) in [5, 5.41) is 9.28. The number of rotatable bonds is 12. The molecule has 0 atom stereocenters. The summed E-state index contributed by atoms with van der Waals surface area (Å²) < 4.78 is 0. The average Bonchev–Trinajstić information content (AvgIpc) is 0.746. The molecule has 4 heteroatoms. The third-order valence-corrected chi connectivity index (χ3v) is 17.8. The highest BCUT2D eigenvalue weighted by Gasteiger charge is 2.31. The number of nitrogens with zero attached hydrogens (tertiary/aromatic N) is 4. The lowest BCUT2D eigenvalue weighted by molar-refractivity contribution is 0.590.